The highest BCUT2D eigenvalue weighted by molar-refractivity contribution is 5.95. The summed E-state index contributed by atoms with van der Waals surface area (Å²) in [5.74, 6) is -1.05. The van der Waals surface area contributed by atoms with Gasteiger partial charge in [-0.25, -0.2) is 4.79 Å². The van der Waals surface area contributed by atoms with Crippen LogP contribution in [0.4, 0.5) is 5.69 Å². The molecule has 1 aliphatic heterocycles. The molecule has 0 atom stereocenters. The molecule has 6 heteroatoms. The van der Waals surface area contributed by atoms with Gasteiger partial charge in [-0.15, -0.1) is 0 Å². The van der Waals surface area contributed by atoms with Crippen molar-refractivity contribution in [1.82, 2.24) is 5.32 Å². The van der Waals surface area contributed by atoms with Gasteiger partial charge in [0.05, 0.1) is 5.56 Å². The second kappa shape index (κ2) is 9.17. The Hall–Kier alpha value is -3.15. The SMILES string of the molecule is O=C(CCc1ccccc1C(=O)O)NCCCC(=O)N1CCc2ccccc21. The first kappa shape index (κ1) is 19.6. The number of carboxylic acid groups (broad SMARTS) is 1. The third kappa shape index (κ3) is 4.76. The van der Waals surface area contributed by atoms with Crippen LogP contribution in [0.25, 0.3) is 0 Å². The lowest BCUT2D eigenvalue weighted by Gasteiger charge is -2.17. The van der Waals surface area contributed by atoms with Gasteiger partial charge in [-0.1, -0.05) is 36.4 Å². The molecule has 6 nitrogen and oxygen atoms in total. The van der Waals surface area contributed by atoms with E-state index in [0.717, 1.165) is 12.1 Å². The fourth-order valence-corrected chi connectivity index (χ4v) is 3.48. The second-order valence-corrected chi connectivity index (χ2v) is 6.84. The van der Waals surface area contributed by atoms with Crippen LogP contribution >= 0.6 is 0 Å². The van der Waals surface area contributed by atoms with Gasteiger partial charge in [0.15, 0.2) is 0 Å². The monoisotopic (exact) mass is 380 g/mol. The number of aromatic carboxylic acids is 1. The van der Waals surface area contributed by atoms with Gasteiger partial charge in [0.25, 0.3) is 0 Å². The number of carbonyl (C=O) groups excluding carboxylic acids is 2. The van der Waals surface area contributed by atoms with Crippen molar-refractivity contribution in [1.29, 1.82) is 0 Å². The maximum atomic E-state index is 12.4. The number of anilines is 1. The lowest BCUT2D eigenvalue weighted by Crippen LogP contribution is -2.30. The molecule has 0 saturated heterocycles. The highest BCUT2D eigenvalue weighted by Crippen LogP contribution is 2.27. The zero-order valence-electron chi connectivity index (χ0n) is 15.7. The highest BCUT2D eigenvalue weighted by Gasteiger charge is 2.23. The Balaban J connectivity index is 1.38. The molecular weight excluding hydrogens is 356 g/mol. The van der Waals surface area contributed by atoms with Crippen LogP contribution in [0.1, 0.15) is 40.7 Å². The van der Waals surface area contributed by atoms with Crippen molar-refractivity contribution in [3.63, 3.8) is 0 Å². The van der Waals surface area contributed by atoms with Crippen LogP contribution in [0, 0.1) is 0 Å². The molecule has 0 radical (unpaired) electrons. The van der Waals surface area contributed by atoms with Gasteiger partial charge in [0.2, 0.25) is 11.8 Å². The Bertz CT molecular complexity index is 878. The molecule has 2 aromatic rings. The van der Waals surface area contributed by atoms with E-state index in [1.807, 2.05) is 29.2 Å². The molecule has 0 fully saturated rings. The first-order valence-electron chi connectivity index (χ1n) is 9.52. The van der Waals surface area contributed by atoms with E-state index < -0.39 is 5.97 Å². The molecule has 0 unspecified atom stereocenters. The van der Waals surface area contributed by atoms with Gasteiger partial charge in [-0.2, -0.15) is 0 Å². The van der Waals surface area contributed by atoms with Gasteiger partial charge in [-0.3, -0.25) is 9.59 Å². The van der Waals surface area contributed by atoms with E-state index in [2.05, 4.69) is 5.32 Å². The van der Waals surface area contributed by atoms with E-state index in [1.54, 1.807) is 18.2 Å². The Kier molecular flexibility index (Phi) is 6.42. The fraction of sp³-hybridized carbons (Fsp3) is 0.318. The molecule has 0 saturated carbocycles. The Morgan fingerprint density at radius 2 is 1.75 bits per heavy atom. The van der Waals surface area contributed by atoms with Gasteiger partial charge in [-0.05, 0) is 42.5 Å². The van der Waals surface area contributed by atoms with Crippen molar-refractivity contribution in [2.24, 2.45) is 0 Å². The van der Waals surface area contributed by atoms with Crippen molar-refractivity contribution < 1.29 is 19.5 Å². The second-order valence-electron chi connectivity index (χ2n) is 6.84. The summed E-state index contributed by atoms with van der Waals surface area (Å²) in [5.41, 5.74) is 3.07. The first-order chi connectivity index (χ1) is 13.6. The summed E-state index contributed by atoms with van der Waals surface area (Å²) in [6, 6.07) is 14.6. The minimum atomic E-state index is -0.988. The predicted molar refractivity (Wildman–Crippen MR) is 106 cm³/mol. The van der Waals surface area contributed by atoms with E-state index in [4.69, 9.17) is 0 Å². The quantitative estimate of drug-likeness (QED) is 0.690. The lowest BCUT2D eigenvalue weighted by atomic mass is 10.0. The van der Waals surface area contributed by atoms with E-state index in [-0.39, 0.29) is 23.8 Å². The topological polar surface area (TPSA) is 86.7 Å². The molecule has 0 aromatic heterocycles. The predicted octanol–water partition coefficient (Wildman–Crippen LogP) is 2.80. The van der Waals surface area contributed by atoms with Crippen molar-refractivity contribution >= 4 is 23.5 Å². The number of benzene rings is 2. The first-order valence-corrected chi connectivity index (χ1v) is 9.52. The van der Waals surface area contributed by atoms with E-state index in [9.17, 15) is 19.5 Å². The molecule has 0 spiro atoms. The summed E-state index contributed by atoms with van der Waals surface area (Å²) in [4.78, 5) is 37.4. The molecule has 2 N–H and O–H groups in total. The van der Waals surface area contributed by atoms with Gasteiger partial charge < -0.3 is 15.3 Å². The number of amides is 2. The summed E-state index contributed by atoms with van der Waals surface area (Å²) in [7, 11) is 0. The normalized spacial score (nSPS) is 12.5. The minimum absolute atomic E-state index is 0.0783. The fourth-order valence-electron chi connectivity index (χ4n) is 3.48. The third-order valence-electron chi connectivity index (χ3n) is 4.95. The molecule has 1 aliphatic rings. The van der Waals surface area contributed by atoms with Crippen LogP contribution in [0.3, 0.4) is 0 Å². The average molecular weight is 380 g/mol. The lowest BCUT2D eigenvalue weighted by molar-refractivity contribution is -0.122. The number of carbonyl (C=O) groups is 3. The van der Waals surface area contributed by atoms with Crippen LogP contribution in [-0.2, 0) is 22.4 Å². The molecule has 2 aromatic carbocycles. The van der Waals surface area contributed by atoms with Gasteiger partial charge in [0, 0.05) is 31.6 Å². The molecule has 28 heavy (non-hydrogen) atoms. The van der Waals surface area contributed by atoms with E-state index in [0.29, 0.717) is 37.9 Å². The Labute approximate surface area is 164 Å². The average Bonchev–Trinajstić information content (AvgIpc) is 3.14. The third-order valence-corrected chi connectivity index (χ3v) is 4.95. The Morgan fingerprint density at radius 3 is 2.57 bits per heavy atom. The van der Waals surface area contributed by atoms with Crippen molar-refractivity contribution in [2.75, 3.05) is 18.0 Å². The number of aryl methyl sites for hydroxylation is 1. The molecule has 3 rings (SSSR count). The number of nitrogens with zero attached hydrogens (tertiary/aromatic N) is 1. The maximum absolute atomic E-state index is 12.4. The molecule has 146 valence electrons. The molecular formula is C22H24N2O4. The van der Waals surface area contributed by atoms with E-state index >= 15 is 0 Å². The summed E-state index contributed by atoms with van der Waals surface area (Å²) in [6.45, 7) is 1.15. The van der Waals surface area contributed by atoms with E-state index in [1.165, 1.54) is 11.6 Å². The number of hydrogen-bond acceptors (Lipinski definition) is 3. The summed E-state index contributed by atoms with van der Waals surface area (Å²) < 4.78 is 0. The van der Waals surface area contributed by atoms with Crippen LogP contribution in [0.15, 0.2) is 48.5 Å². The zero-order chi connectivity index (χ0) is 19.9. The zero-order valence-corrected chi connectivity index (χ0v) is 15.7. The van der Waals surface area contributed by atoms with Crippen LogP contribution in [0.2, 0.25) is 0 Å². The molecule has 1 heterocycles. The maximum Gasteiger partial charge on any atom is 0.335 e. The smallest absolute Gasteiger partial charge is 0.335 e. The number of nitrogens with one attached hydrogen (secondary N) is 1. The number of rotatable bonds is 8. The van der Waals surface area contributed by atoms with Crippen LogP contribution in [0.5, 0.6) is 0 Å². The van der Waals surface area contributed by atoms with Crippen LogP contribution in [-0.4, -0.2) is 36.0 Å². The number of hydrogen-bond donors (Lipinski definition) is 2. The van der Waals surface area contributed by atoms with Crippen LogP contribution < -0.4 is 10.2 Å². The van der Waals surface area contributed by atoms with Crippen molar-refractivity contribution in [3.8, 4) is 0 Å². The Morgan fingerprint density at radius 1 is 1.00 bits per heavy atom. The number of para-hydroxylation sites is 1. The van der Waals surface area contributed by atoms with Gasteiger partial charge in [0.1, 0.15) is 0 Å². The molecule has 2 amide bonds. The molecule has 0 bridgehead atoms. The van der Waals surface area contributed by atoms with Crippen molar-refractivity contribution in [3.05, 3.63) is 65.2 Å². The summed E-state index contributed by atoms with van der Waals surface area (Å²) in [6.07, 6.45) is 2.44. The summed E-state index contributed by atoms with van der Waals surface area (Å²) in [5, 5.41) is 12.0. The number of fused-ring (bicyclic) bond motifs is 1. The van der Waals surface area contributed by atoms with Crippen molar-refractivity contribution in [2.45, 2.75) is 32.1 Å². The molecule has 0 aliphatic carbocycles. The number of carboxylic acids is 1. The highest BCUT2D eigenvalue weighted by atomic mass is 16.4. The van der Waals surface area contributed by atoms with Gasteiger partial charge >= 0.3 is 5.97 Å². The summed E-state index contributed by atoms with van der Waals surface area (Å²) >= 11 is 0. The standard InChI is InChI=1S/C22H24N2O4/c25-20(12-11-16-6-1-3-8-18(16)22(27)28)23-14-5-10-21(26)24-15-13-17-7-2-4-9-19(17)24/h1-4,6-9H,5,10-15H2,(H,23,25)(H,27,28). The minimum Gasteiger partial charge on any atom is -0.478 e. The largest absolute Gasteiger partial charge is 0.478 e.